The molecule has 1 aromatic carbocycles. The fraction of sp³-hybridized carbons (Fsp3) is 0.529. The SMILES string of the molecule is CC(=O)N(CC1CCCO1)c1nc2c(C(C)C)cccc2s1. The van der Waals surface area contributed by atoms with Crippen molar-refractivity contribution in [2.45, 2.75) is 45.6 Å². The molecule has 1 aromatic heterocycles. The highest BCUT2D eigenvalue weighted by Gasteiger charge is 2.24. The Morgan fingerprint density at radius 2 is 2.32 bits per heavy atom. The standard InChI is InChI=1S/C17H22N2O2S/c1-11(2)14-7-4-8-15-16(14)18-17(22-15)19(12(3)20)10-13-6-5-9-21-13/h4,7-8,11,13H,5-6,9-10H2,1-3H3. The lowest BCUT2D eigenvalue weighted by Gasteiger charge is -2.21. The third-order valence-electron chi connectivity index (χ3n) is 4.08. The summed E-state index contributed by atoms with van der Waals surface area (Å²) in [6, 6.07) is 6.26. The fourth-order valence-electron chi connectivity index (χ4n) is 2.87. The van der Waals surface area contributed by atoms with E-state index in [1.165, 1.54) is 5.56 Å². The Labute approximate surface area is 135 Å². The van der Waals surface area contributed by atoms with Gasteiger partial charge >= 0.3 is 0 Å². The van der Waals surface area contributed by atoms with E-state index in [4.69, 9.17) is 9.72 Å². The molecule has 4 nitrogen and oxygen atoms in total. The smallest absolute Gasteiger partial charge is 0.225 e. The maximum atomic E-state index is 12.1. The van der Waals surface area contributed by atoms with Gasteiger partial charge in [-0.05, 0) is 30.4 Å². The van der Waals surface area contributed by atoms with Crippen LogP contribution in [0.4, 0.5) is 5.13 Å². The summed E-state index contributed by atoms with van der Waals surface area (Å²) >= 11 is 1.59. The van der Waals surface area contributed by atoms with Crippen LogP contribution in [-0.2, 0) is 9.53 Å². The second-order valence-electron chi connectivity index (χ2n) is 6.11. The van der Waals surface area contributed by atoms with Gasteiger partial charge in [-0.3, -0.25) is 9.69 Å². The zero-order chi connectivity index (χ0) is 15.7. The van der Waals surface area contributed by atoms with E-state index in [0.717, 1.165) is 34.8 Å². The molecule has 1 amide bonds. The molecule has 2 heterocycles. The second-order valence-corrected chi connectivity index (χ2v) is 7.12. The third kappa shape index (κ3) is 3.01. The minimum atomic E-state index is 0.0284. The summed E-state index contributed by atoms with van der Waals surface area (Å²) in [5, 5.41) is 0.783. The van der Waals surface area contributed by atoms with Gasteiger partial charge in [-0.25, -0.2) is 4.98 Å². The highest BCUT2D eigenvalue weighted by molar-refractivity contribution is 7.22. The van der Waals surface area contributed by atoms with Crippen molar-refractivity contribution < 1.29 is 9.53 Å². The number of nitrogens with zero attached hydrogens (tertiary/aromatic N) is 2. The zero-order valence-corrected chi connectivity index (χ0v) is 14.2. The average molecular weight is 318 g/mol. The molecule has 2 aromatic rings. The first-order valence-electron chi connectivity index (χ1n) is 7.85. The first-order valence-corrected chi connectivity index (χ1v) is 8.67. The number of ether oxygens (including phenoxy) is 1. The number of fused-ring (bicyclic) bond motifs is 1. The summed E-state index contributed by atoms with van der Waals surface area (Å²) in [4.78, 5) is 18.6. The first kappa shape index (κ1) is 15.4. The van der Waals surface area contributed by atoms with Crippen LogP contribution in [0.15, 0.2) is 18.2 Å². The summed E-state index contributed by atoms with van der Waals surface area (Å²) < 4.78 is 6.81. The number of anilines is 1. The molecule has 3 rings (SSSR count). The molecule has 1 saturated heterocycles. The Hall–Kier alpha value is -1.46. The molecule has 0 N–H and O–H groups in total. The molecule has 0 aliphatic carbocycles. The van der Waals surface area contributed by atoms with Crippen LogP contribution >= 0.6 is 11.3 Å². The highest BCUT2D eigenvalue weighted by Crippen LogP contribution is 2.34. The van der Waals surface area contributed by atoms with Crippen LogP contribution in [0.2, 0.25) is 0 Å². The van der Waals surface area contributed by atoms with Gasteiger partial charge in [0, 0.05) is 13.5 Å². The number of carbonyl (C=O) groups is 1. The quantitative estimate of drug-likeness (QED) is 0.857. The van der Waals surface area contributed by atoms with E-state index < -0.39 is 0 Å². The van der Waals surface area contributed by atoms with Gasteiger partial charge in [0.05, 0.1) is 22.9 Å². The van der Waals surface area contributed by atoms with E-state index in [2.05, 4.69) is 32.0 Å². The van der Waals surface area contributed by atoms with Crippen LogP contribution in [0.1, 0.15) is 45.1 Å². The van der Waals surface area contributed by atoms with Crippen LogP contribution in [0, 0.1) is 0 Å². The number of benzene rings is 1. The van der Waals surface area contributed by atoms with Gasteiger partial charge in [-0.1, -0.05) is 37.3 Å². The van der Waals surface area contributed by atoms with E-state index in [1.54, 1.807) is 23.2 Å². The summed E-state index contributed by atoms with van der Waals surface area (Å²) in [5.41, 5.74) is 2.26. The van der Waals surface area contributed by atoms with Gasteiger partial charge < -0.3 is 4.74 Å². The molecule has 1 aliphatic rings. The second kappa shape index (κ2) is 6.34. The van der Waals surface area contributed by atoms with Crippen LogP contribution < -0.4 is 4.90 Å². The van der Waals surface area contributed by atoms with Crippen molar-refractivity contribution in [2.24, 2.45) is 0 Å². The topological polar surface area (TPSA) is 42.4 Å². The van der Waals surface area contributed by atoms with E-state index in [1.807, 2.05) is 0 Å². The molecule has 118 valence electrons. The number of rotatable bonds is 4. The Morgan fingerprint density at radius 3 is 2.95 bits per heavy atom. The molecule has 0 bridgehead atoms. The number of carbonyl (C=O) groups excluding carboxylic acids is 1. The van der Waals surface area contributed by atoms with Crippen LogP contribution in [0.5, 0.6) is 0 Å². The maximum Gasteiger partial charge on any atom is 0.225 e. The lowest BCUT2D eigenvalue weighted by molar-refractivity contribution is -0.116. The number of thiazole rings is 1. The van der Waals surface area contributed by atoms with Crippen molar-refractivity contribution in [1.29, 1.82) is 0 Å². The van der Waals surface area contributed by atoms with Gasteiger partial charge in [0.25, 0.3) is 0 Å². The number of hydrogen-bond acceptors (Lipinski definition) is 4. The van der Waals surface area contributed by atoms with E-state index in [9.17, 15) is 4.79 Å². The summed E-state index contributed by atoms with van der Waals surface area (Å²) in [7, 11) is 0. The largest absolute Gasteiger partial charge is 0.376 e. The number of para-hydroxylation sites is 1. The number of hydrogen-bond donors (Lipinski definition) is 0. The van der Waals surface area contributed by atoms with Crippen LogP contribution in [-0.4, -0.2) is 30.1 Å². The zero-order valence-electron chi connectivity index (χ0n) is 13.3. The Morgan fingerprint density at radius 1 is 1.50 bits per heavy atom. The summed E-state index contributed by atoms with van der Waals surface area (Å²) in [5.74, 6) is 0.447. The fourth-order valence-corrected chi connectivity index (χ4v) is 3.93. The molecule has 0 saturated carbocycles. The normalized spacial score (nSPS) is 18.3. The molecule has 1 fully saturated rings. The van der Waals surface area contributed by atoms with Crippen molar-refractivity contribution in [2.75, 3.05) is 18.1 Å². The molecule has 22 heavy (non-hydrogen) atoms. The third-order valence-corrected chi connectivity index (χ3v) is 5.13. The van der Waals surface area contributed by atoms with Crippen molar-refractivity contribution in [3.63, 3.8) is 0 Å². The highest BCUT2D eigenvalue weighted by atomic mass is 32.1. The Bertz CT molecular complexity index is 674. The number of amides is 1. The van der Waals surface area contributed by atoms with E-state index in [0.29, 0.717) is 12.5 Å². The monoisotopic (exact) mass is 318 g/mol. The van der Waals surface area contributed by atoms with Crippen LogP contribution in [0.25, 0.3) is 10.2 Å². The molecule has 0 radical (unpaired) electrons. The Balaban J connectivity index is 1.95. The van der Waals surface area contributed by atoms with Gasteiger partial charge in [0.2, 0.25) is 5.91 Å². The molecule has 1 atom stereocenters. The van der Waals surface area contributed by atoms with Crippen LogP contribution in [0.3, 0.4) is 0 Å². The van der Waals surface area contributed by atoms with Gasteiger partial charge in [0.15, 0.2) is 5.13 Å². The predicted octanol–water partition coefficient (Wildman–Crippen LogP) is 3.95. The first-order chi connectivity index (χ1) is 10.6. The van der Waals surface area contributed by atoms with Crippen molar-refractivity contribution >= 4 is 32.6 Å². The Kier molecular flexibility index (Phi) is 4.45. The van der Waals surface area contributed by atoms with E-state index >= 15 is 0 Å². The van der Waals surface area contributed by atoms with Crippen molar-refractivity contribution in [3.8, 4) is 0 Å². The minimum absolute atomic E-state index is 0.0284. The lowest BCUT2D eigenvalue weighted by Crippen LogP contribution is -2.35. The summed E-state index contributed by atoms with van der Waals surface area (Å²) in [6.45, 7) is 7.34. The molecule has 1 aliphatic heterocycles. The molecular formula is C17H22N2O2S. The van der Waals surface area contributed by atoms with E-state index in [-0.39, 0.29) is 12.0 Å². The maximum absolute atomic E-state index is 12.1. The predicted molar refractivity (Wildman–Crippen MR) is 90.7 cm³/mol. The molecule has 5 heteroatoms. The van der Waals surface area contributed by atoms with Crippen molar-refractivity contribution in [1.82, 2.24) is 4.98 Å². The van der Waals surface area contributed by atoms with Gasteiger partial charge in [0.1, 0.15) is 0 Å². The number of aromatic nitrogens is 1. The lowest BCUT2D eigenvalue weighted by atomic mass is 10.0. The van der Waals surface area contributed by atoms with Crippen molar-refractivity contribution in [3.05, 3.63) is 23.8 Å². The van der Waals surface area contributed by atoms with Gasteiger partial charge in [-0.2, -0.15) is 0 Å². The molecule has 1 unspecified atom stereocenters. The summed E-state index contributed by atoms with van der Waals surface area (Å²) in [6.07, 6.45) is 2.24. The average Bonchev–Trinajstić information content (AvgIpc) is 3.12. The van der Waals surface area contributed by atoms with Gasteiger partial charge in [-0.15, -0.1) is 0 Å². The minimum Gasteiger partial charge on any atom is -0.376 e. The molecular weight excluding hydrogens is 296 g/mol. The molecule has 0 spiro atoms.